The Labute approximate surface area is 121 Å². The second-order valence-electron chi connectivity index (χ2n) is 4.69. The molecule has 0 aliphatic heterocycles. The Kier molecular flexibility index (Phi) is 3.23. The average Bonchev–Trinajstić information content (AvgIpc) is 2.47. The largest absolute Gasteiger partial charge is 0.455 e. The van der Waals surface area contributed by atoms with Crippen LogP contribution < -0.4 is 4.74 Å². The smallest absolute Gasteiger partial charge is 0.269 e. The van der Waals surface area contributed by atoms with Crippen LogP contribution in [0.5, 0.6) is 11.5 Å². The molecule has 21 heavy (non-hydrogen) atoms. The molecule has 1 heterocycles. The van der Waals surface area contributed by atoms with Crippen molar-refractivity contribution in [2.24, 2.45) is 0 Å². The van der Waals surface area contributed by atoms with E-state index in [4.69, 9.17) is 4.74 Å². The Morgan fingerprint density at radius 3 is 2.62 bits per heavy atom. The molecule has 5 heteroatoms. The fraction of sp³-hybridized carbons (Fsp3) is 0.0625. The summed E-state index contributed by atoms with van der Waals surface area (Å²) < 4.78 is 5.82. The van der Waals surface area contributed by atoms with Crippen molar-refractivity contribution >= 4 is 16.6 Å². The summed E-state index contributed by atoms with van der Waals surface area (Å²) in [5, 5.41) is 11.6. The summed E-state index contributed by atoms with van der Waals surface area (Å²) in [5.74, 6) is 1.18. The third-order valence-electron chi connectivity index (χ3n) is 3.09. The maximum Gasteiger partial charge on any atom is 0.269 e. The molecule has 0 N–H and O–H groups in total. The van der Waals surface area contributed by atoms with E-state index in [0.29, 0.717) is 11.5 Å². The summed E-state index contributed by atoms with van der Waals surface area (Å²) in [6.07, 6.45) is 1.71. The zero-order valence-corrected chi connectivity index (χ0v) is 11.3. The summed E-state index contributed by atoms with van der Waals surface area (Å²) >= 11 is 0. The molecule has 1 aromatic heterocycles. The van der Waals surface area contributed by atoms with E-state index in [2.05, 4.69) is 4.98 Å². The van der Waals surface area contributed by atoms with Crippen LogP contribution in [0.3, 0.4) is 0 Å². The van der Waals surface area contributed by atoms with Gasteiger partial charge in [0.2, 0.25) is 0 Å². The summed E-state index contributed by atoms with van der Waals surface area (Å²) in [6.45, 7) is 1.98. The van der Waals surface area contributed by atoms with E-state index in [1.165, 1.54) is 12.1 Å². The van der Waals surface area contributed by atoms with Crippen LogP contribution in [0.15, 0.2) is 54.7 Å². The Balaban J connectivity index is 1.99. The van der Waals surface area contributed by atoms with Gasteiger partial charge in [0.1, 0.15) is 11.3 Å². The van der Waals surface area contributed by atoms with Crippen molar-refractivity contribution in [3.8, 4) is 11.5 Å². The molecule has 3 rings (SSSR count). The maximum absolute atomic E-state index is 10.6. The molecule has 104 valence electrons. The van der Waals surface area contributed by atoms with Crippen molar-refractivity contribution in [2.45, 2.75) is 6.92 Å². The number of nitro benzene ring substituents is 1. The number of benzene rings is 2. The van der Waals surface area contributed by atoms with Gasteiger partial charge in [-0.2, -0.15) is 0 Å². The number of hydrogen-bond donors (Lipinski definition) is 0. The molecule has 0 fully saturated rings. The standard InChI is InChI=1S/C16H12N2O3/c1-11-9-12-3-2-8-17-16(12)15(10-11)21-14-6-4-13(5-7-14)18(19)20/h2-10H,1H3. The summed E-state index contributed by atoms with van der Waals surface area (Å²) in [5.41, 5.74) is 1.86. The lowest BCUT2D eigenvalue weighted by atomic mass is 10.1. The molecule has 0 unspecified atom stereocenters. The number of hydrogen-bond acceptors (Lipinski definition) is 4. The topological polar surface area (TPSA) is 65.3 Å². The number of nitrogens with zero attached hydrogens (tertiary/aromatic N) is 2. The van der Waals surface area contributed by atoms with Crippen LogP contribution in [-0.2, 0) is 0 Å². The van der Waals surface area contributed by atoms with Crippen LogP contribution in [-0.4, -0.2) is 9.91 Å². The average molecular weight is 280 g/mol. The minimum Gasteiger partial charge on any atom is -0.455 e. The van der Waals surface area contributed by atoms with Crippen LogP contribution in [0.2, 0.25) is 0 Å². The lowest BCUT2D eigenvalue weighted by Gasteiger charge is -2.09. The normalized spacial score (nSPS) is 10.5. The van der Waals surface area contributed by atoms with Gasteiger partial charge in [0.15, 0.2) is 5.75 Å². The Hall–Kier alpha value is -2.95. The first-order valence-electron chi connectivity index (χ1n) is 6.41. The highest BCUT2D eigenvalue weighted by molar-refractivity contribution is 5.85. The van der Waals surface area contributed by atoms with Gasteiger partial charge in [-0.15, -0.1) is 0 Å². The van der Waals surface area contributed by atoms with E-state index < -0.39 is 4.92 Å². The van der Waals surface area contributed by atoms with Gasteiger partial charge in [0.25, 0.3) is 5.69 Å². The van der Waals surface area contributed by atoms with Crippen molar-refractivity contribution < 1.29 is 9.66 Å². The van der Waals surface area contributed by atoms with Crippen molar-refractivity contribution in [1.82, 2.24) is 4.98 Å². The van der Waals surface area contributed by atoms with Crippen molar-refractivity contribution in [2.75, 3.05) is 0 Å². The highest BCUT2D eigenvalue weighted by Crippen LogP contribution is 2.30. The fourth-order valence-electron chi connectivity index (χ4n) is 2.14. The van der Waals surface area contributed by atoms with Gasteiger partial charge in [0.05, 0.1) is 4.92 Å². The molecule has 0 bridgehead atoms. The van der Waals surface area contributed by atoms with Crippen molar-refractivity contribution in [1.29, 1.82) is 0 Å². The number of nitro groups is 1. The van der Waals surface area contributed by atoms with Crippen LogP contribution in [0, 0.1) is 17.0 Å². The molecule has 0 atom stereocenters. The number of non-ortho nitro benzene ring substituents is 1. The minimum atomic E-state index is -0.437. The summed E-state index contributed by atoms with van der Waals surface area (Å²) in [7, 11) is 0. The highest BCUT2D eigenvalue weighted by atomic mass is 16.6. The SMILES string of the molecule is Cc1cc(Oc2ccc([N+](=O)[O-])cc2)c2ncccc2c1. The number of rotatable bonds is 3. The first kappa shape index (κ1) is 13.1. The Morgan fingerprint density at radius 2 is 1.90 bits per heavy atom. The molecule has 0 aliphatic carbocycles. The van der Waals surface area contributed by atoms with Crippen molar-refractivity contribution in [3.05, 3.63) is 70.4 Å². The van der Waals surface area contributed by atoms with Crippen LogP contribution >= 0.6 is 0 Å². The molecule has 0 saturated carbocycles. The lowest BCUT2D eigenvalue weighted by Crippen LogP contribution is -1.91. The molecule has 5 nitrogen and oxygen atoms in total. The van der Waals surface area contributed by atoms with Crippen LogP contribution in [0.1, 0.15) is 5.56 Å². The zero-order valence-electron chi connectivity index (χ0n) is 11.3. The molecule has 0 aliphatic rings. The number of fused-ring (bicyclic) bond motifs is 1. The summed E-state index contributed by atoms with van der Waals surface area (Å²) in [4.78, 5) is 14.5. The maximum atomic E-state index is 10.6. The highest BCUT2D eigenvalue weighted by Gasteiger charge is 2.08. The predicted molar refractivity (Wildman–Crippen MR) is 79.7 cm³/mol. The predicted octanol–water partition coefficient (Wildman–Crippen LogP) is 4.24. The lowest BCUT2D eigenvalue weighted by molar-refractivity contribution is -0.384. The molecule has 0 spiro atoms. The molecule has 0 amide bonds. The first-order chi connectivity index (χ1) is 10.1. The molecule has 0 radical (unpaired) electrons. The van der Waals surface area contributed by atoms with Gasteiger partial charge in [0, 0.05) is 23.7 Å². The molecular formula is C16H12N2O3. The van der Waals surface area contributed by atoms with Crippen molar-refractivity contribution in [3.63, 3.8) is 0 Å². The van der Waals surface area contributed by atoms with E-state index in [1.807, 2.05) is 31.2 Å². The first-order valence-corrected chi connectivity index (χ1v) is 6.41. The van der Waals surface area contributed by atoms with Gasteiger partial charge >= 0.3 is 0 Å². The number of ether oxygens (including phenoxy) is 1. The van der Waals surface area contributed by atoms with E-state index in [1.54, 1.807) is 18.3 Å². The second-order valence-corrected chi connectivity index (χ2v) is 4.69. The van der Waals surface area contributed by atoms with E-state index in [0.717, 1.165) is 16.5 Å². The van der Waals surface area contributed by atoms with Gasteiger partial charge in [-0.25, -0.2) is 0 Å². The zero-order chi connectivity index (χ0) is 14.8. The molecular weight excluding hydrogens is 268 g/mol. The van der Waals surface area contributed by atoms with Gasteiger partial charge in [-0.05, 0) is 42.8 Å². The van der Waals surface area contributed by atoms with Crippen LogP contribution in [0.4, 0.5) is 5.69 Å². The monoisotopic (exact) mass is 280 g/mol. The number of aromatic nitrogens is 1. The third-order valence-corrected chi connectivity index (χ3v) is 3.09. The summed E-state index contributed by atoms with van der Waals surface area (Å²) in [6, 6.07) is 13.8. The van der Waals surface area contributed by atoms with Gasteiger partial charge in [-0.3, -0.25) is 15.1 Å². The fourth-order valence-corrected chi connectivity index (χ4v) is 2.14. The van der Waals surface area contributed by atoms with Gasteiger partial charge < -0.3 is 4.74 Å². The third kappa shape index (κ3) is 2.67. The molecule has 3 aromatic rings. The molecule has 0 saturated heterocycles. The van der Waals surface area contributed by atoms with E-state index in [9.17, 15) is 10.1 Å². The van der Waals surface area contributed by atoms with Gasteiger partial charge in [-0.1, -0.05) is 6.07 Å². The van der Waals surface area contributed by atoms with Crippen LogP contribution in [0.25, 0.3) is 10.9 Å². The Bertz CT molecular complexity index is 813. The van der Waals surface area contributed by atoms with E-state index >= 15 is 0 Å². The van der Waals surface area contributed by atoms with E-state index in [-0.39, 0.29) is 5.69 Å². The minimum absolute atomic E-state index is 0.0366. The molecule has 2 aromatic carbocycles. The Morgan fingerprint density at radius 1 is 1.14 bits per heavy atom. The number of aryl methyl sites for hydroxylation is 1. The number of pyridine rings is 1. The second kappa shape index (κ2) is 5.20. The quantitative estimate of drug-likeness (QED) is 0.531.